The third-order valence-electron chi connectivity index (χ3n) is 3.95. The van der Waals surface area contributed by atoms with E-state index in [2.05, 4.69) is 25.0 Å². The summed E-state index contributed by atoms with van der Waals surface area (Å²) in [6.45, 7) is 0. The van der Waals surface area contributed by atoms with Crippen molar-refractivity contribution >= 4 is 29.0 Å². The Hall–Kier alpha value is -3.74. The summed E-state index contributed by atoms with van der Waals surface area (Å²) in [7, 11) is 1.69. The van der Waals surface area contributed by atoms with Crippen LogP contribution < -0.4 is 14.8 Å². The molecule has 3 aromatic rings. The van der Waals surface area contributed by atoms with E-state index in [0.717, 1.165) is 17.8 Å². The minimum Gasteiger partial charge on any atom is -0.395 e. The number of aryl methyl sites for hydroxylation is 1. The van der Waals surface area contributed by atoms with E-state index in [9.17, 15) is 23.7 Å². The highest BCUT2D eigenvalue weighted by molar-refractivity contribution is 7.99. The van der Waals surface area contributed by atoms with Gasteiger partial charge in [-0.3, -0.25) is 14.9 Å². The number of anilines is 1. The largest absolute Gasteiger partial charge is 0.586 e. The maximum atomic E-state index is 13.1. The molecule has 0 unspecified atom stereocenters. The van der Waals surface area contributed by atoms with E-state index in [0.29, 0.717) is 5.16 Å². The van der Waals surface area contributed by atoms with Crippen LogP contribution in [-0.4, -0.2) is 31.9 Å². The number of carbonyl (C=O) groups excluding carboxylic acids is 1. The van der Waals surface area contributed by atoms with Crippen LogP contribution in [0, 0.1) is 10.1 Å². The first-order valence-electron chi connectivity index (χ1n) is 8.23. The highest BCUT2D eigenvalue weighted by Crippen LogP contribution is 2.42. The van der Waals surface area contributed by atoms with Crippen molar-refractivity contribution in [2.75, 3.05) is 5.32 Å². The fourth-order valence-electron chi connectivity index (χ4n) is 2.58. The van der Waals surface area contributed by atoms with E-state index in [1.54, 1.807) is 11.6 Å². The van der Waals surface area contributed by atoms with Crippen LogP contribution >= 0.6 is 11.8 Å². The van der Waals surface area contributed by atoms with Crippen molar-refractivity contribution < 1.29 is 28.0 Å². The minimum atomic E-state index is -3.78. The van der Waals surface area contributed by atoms with Gasteiger partial charge in [0.2, 0.25) is 0 Å². The number of nitrogens with one attached hydrogen (secondary N) is 1. The van der Waals surface area contributed by atoms with Gasteiger partial charge in [-0.15, -0.1) is 19.0 Å². The summed E-state index contributed by atoms with van der Waals surface area (Å²) in [5.41, 5.74) is -0.131. The highest BCUT2D eigenvalue weighted by atomic mass is 32.2. The number of ether oxygens (including phenoxy) is 2. The third kappa shape index (κ3) is 3.87. The number of nitro groups is 1. The number of benzene rings is 2. The van der Waals surface area contributed by atoms with Crippen LogP contribution in [0.2, 0.25) is 0 Å². The second kappa shape index (κ2) is 7.26. The van der Waals surface area contributed by atoms with E-state index in [4.69, 9.17) is 0 Å². The third-order valence-corrected chi connectivity index (χ3v) is 5.07. The molecule has 0 aliphatic carbocycles. The number of carbonyl (C=O) groups is 1. The summed E-state index contributed by atoms with van der Waals surface area (Å²) in [4.78, 5) is 23.6. The van der Waals surface area contributed by atoms with E-state index in [1.807, 2.05) is 0 Å². The van der Waals surface area contributed by atoms with Crippen LogP contribution in [0.1, 0.15) is 10.4 Å². The molecule has 1 amide bonds. The van der Waals surface area contributed by atoms with E-state index < -0.39 is 17.1 Å². The average molecular weight is 435 g/mol. The smallest absolute Gasteiger partial charge is 0.395 e. The first-order valence-corrected chi connectivity index (χ1v) is 9.05. The molecular weight excluding hydrogens is 424 g/mol. The highest BCUT2D eigenvalue weighted by Gasteiger charge is 2.43. The number of hydrogen-bond donors (Lipinski definition) is 1. The Kier molecular flexibility index (Phi) is 4.73. The van der Waals surface area contributed by atoms with Gasteiger partial charge in [0.05, 0.1) is 9.82 Å². The topological polar surface area (TPSA) is 121 Å². The van der Waals surface area contributed by atoms with Crippen molar-refractivity contribution in [2.45, 2.75) is 16.3 Å². The van der Waals surface area contributed by atoms with Crippen LogP contribution in [0.25, 0.3) is 0 Å². The predicted molar refractivity (Wildman–Crippen MR) is 98.8 cm³/mol. The fourth-order valence-corrected chi connectivity index (χ4v) is 3.43. The van der Waals surface area contributed by atoms with Gasteiger partial charge in [0.1, 0.15) is 6.33 Å². The molecule has 0 saturated heterocycles. The molecule has 2 heterocycles. The van der Waals surface area contributed by atoms with Gasteiger partial charge in [-0.1, -0.05) is 0 Å². The lowest BCUT2D eigenvalue weighted by atomic mass is 10.2. The quantitative estimate of drug-likeness (QED) is 0.478. The lowest BCUT2D eigenvalue weighted by molar-refractivity contribution is -0.387. The molecule has 1 aromatic heterocycles. The van der Waals surface area contributed by atoms with Crippen molar-refractivity contribution in [1.29, 1.82) is 0 Å². The average Bonchev–Trinajstić information content (AvgIpc) is 3.22. The molecule has 0 atom stereocenters. The lowest BCUT2D eigenvalue weighted by Gasteiger charge is -2.08. The van der Waals surface area contributed by atoms with Crippen LogP contribution in [0.15, 0.2) is 52.8 Å². The first kappa shape index (κ1) is 19.6. The number of alkyl halides is 2. The molecule has 154 valence electrons. The van der Waals surface area contributed by atoms with Crippen LogP contribution in [0.4, 0.5) is 20.2 Å². The molecule has 1 aliphatic rings. The Morgan fingerprint density at radius 3 is 2.70 bits per heavy atom. The molecule has 0 bridgehead atoms. The second-order valence-corrected chi connectivity index (χ2v) is 7.06. The summed E-state index contributed by atoms with van der Waals surface area (Å²) in [5, 5.41) is 22.0. The van der Waals surface area contributed by atoms with Gasteiger partial charge >= 0.3 is 6.29 Å². The van der Waals surface area contributed by atoms with Crippen molar-refractivity contribution in [3.05, 3.63) is 58.4 Å². The number of fused-ring (bicyclic) bond motifs is 1. The van der Waals surface area contributed by atoms with Crippen LogP contribution in [-0.2, 0) is 7.05 Å². The minimum absolute atomic E-state index is 0.00649. The normalized spacial score (nSPS) is 13.8. The molecule has 13 heteroatoms. The summed E-state index contributed by atoms with van der Waals surface area (Å²) in [6.07, 6.45) is -2.32. The molecular formula is C17H11F2N5O5S. The molecule has 1 aliphatic heterocycles. The number of nitrogens with zero attached hydrogens (tertiary/aromatic N) is 4. The van der Waals surface area contributed by atoms with E-state index in [-0.39, 0.29) is 33.3 Å². The van der Waals surface area contributed by atoms with Crippen molar-refractivity contribution in [3.63, 3.8) is 0 Å². The van der Waals surface area contributed by atoms with Crippen molar-refractivity contribution in [2.24, 2.45) is 7.05 Å². The monoisotopic (exact) mass is 435 g/mol. The number of halogens is 2. The second-order valence-electron chi connectivity index (χ2n) is 6.05. The maximum absolute atomic E-state index is 13.1. The predicted octanol–water partition coefficient (Wildman–Crippen LogP) is 3.45. The summed E-state index contributed by atoms with van der Waals surface area (Å²) < 4.78 is 36.4. The SMILES string of the molecule is Cn1cnnc1Sc1ccc(C(=O)Nc2ccc3c(c2)OC(F)(F)O3)cc1[N+](=O)[O-]. The van der Waals surface area contributed by atoms with Gasteiger partial charge in [0, 0.05) is 30.4 Å². The molecule has 0 fully saturated rings. The van der Waals surface area contributed by atoms with Gasteiger partial charge in [-0.05, 0) is 36.0 Å². The standard InChI is InChI=1S/C17H11F2N5O5S/c1-23-8-20-22-16(23)30-14-5-2-9(6-11(14)24(26)27)15(25)21-10-3-4-12-13(7-10)29-17(18,19)28-12/h2-8H,1H3,(H,21,25). The Bertz CT molecular complexity index is 1170. The van der Waals surface area contributed by atoms with Gasteiger partial charge in [0.25, 0.3) is 11.6 Å². The summed E-state index contributed by atoms with van der Waals surface area (Å²) in [5.74, 6) is -1.07. The van der Waals surface area contributed by atoms with Crippen molar-refractivity contribution in [1.82, 2.24) is 14.8 Å². The zero-order valence-corrected chi connectivity index (χ0v) is 15.9. The lowest BCUT2D eigenvalue weighted by Crippen LogP contribution is -2.25. The van der Waals surface area contributed by atoms with Crippen LogP contribution in [0.3, 0.4) is 0 Å². The Labute approximate surface area is 171 Å². The number of aromatic nitrogens is 3. The molecule has 1 N–H and O–H groups in total. The maximum Gasteiger partial charge on any atom is 0.586 e. The number of amides is 1. The molecule has 0 saturated carbocycles. The molecule has 2 aromatic carbocycles. The number of rotatable bonds is 5. The zero-order chi connectivity index (χ0) is 21.5. The Morgan fingerprint density at radius 2 is 2.00 bits per heavy atom. The Morgan fingerprint density at radius 1 is 1.23 bits per heavy atom. The van der Waals surface area contributed by atoms with Gasteiger partial charge in [-0.2, -0.15) is 0 Å². The molecule has 4 rings (SSSR count). The van der Waals surface area contributed by atoms with Gasteiger partial charge < -0.3 is 19.4 Å². The summed E-state index contributed by atoms with van der Waals surface area (Å²) in [6, 6.07) is 7.67. The van der Waals surface area contributed by atoms with Crippen LogP contribution in [0.5, 0.6) is 11.5 Å². The van der Waals surface area contributed by atoms with E-state index in [1.165, 1.54) is 36.7 Å². The molecule has 0 spiro atoms. The van der Waals surface area contributed by atoms with Crippen molar-refractivity contribution in [3.8, 4) is 11.5 Å². The van der Waals surface area contributed by atoms with E-state index >= 15 is 0 Å². The summed E-state index contributed by atoms with van der Waals surface area (Å²) >= 11 is 1.03. The van der Waals surface area contributed by atoms with Gasteiger partial charge in [0.15, 0.2) is 16.7 Å². The zero-order valence-electron chi connectivity index (χ0n) is 15.0. The molecule has 30 heavy (non-hydrogen) atoms. The fraction of sp³-hybridized carbons (Fsp3) is 0.118. The first-order chi connectivity index (χ1) is 14.2. The molecule has 0 radical (unpaired) electrons. The Balaban J connectivity index is 1.55. The molecule has 10 nitrogen and oxygen atoms in total. The number of hydrogen-bond acceptors (Lipinski definition) is 8. The van der Waals surface area contributed by atoms with Gasteiger partial charge in [-0.25, -0.2) is 0 Å². The number of nitro benzene ring substituents is 1.